The molecule has 0 aromatic rings. The van der Waals surface area contributed by atoms with Gasteiger partial charge in [0.25, 0.3) is 0 Å². The van der Waals surface area contributed by atoms with Crippen molar-refractivity contribution in [2.24, 2.45) is 5.92 Å². The number of ketones is 1. The van der Waals surface area contributed by atoms with E-state index >= 15 is 0 Å². The van der Waals surface area contributed by atoms with Gasteiger partial charge in [0, 0.05) is 18.3 Å². The molecule has 1 saturated carbocycles. The summed E-state index contributed by atoms with van der Waals surface area (Å²) in [4.78, 5) is 21.2. The highest BCUT2D eigenvalue weighted by molar-refractivity contribution is 5.84. The summed E-state index contributed by atoms with van der Waals surface area (Å²) in [7, 11) is 0. The molecular formula is C8H11O3-. The van der Waals surface area contributed by atoms with Gasteiger partial charge in [-0.15, -0.1) is 0 Å². The van der Waals surface area contributed by atoms with E-state index in [1.807, 2.05) is 0 Å². The van der Waals surface area contributed by atoms with Gasteiger partial charge in [-0.3, -0.25) is 4.79 Å². The molecule has 3 nitrogen and oxygen atoms in total. The quantitative estimate of drug-likeness (QED) is 0.558. The lowest BCUT2D eigenvalue weighted by Gasteiger charge is -2.20. The Labute approximate surface area is 65.4 Å². The minimum absolute atomic E-state index is 0.0845. The summed E-state index contributed by atoms with van der Waals surface area (Å²) in [6.45, 7) is 0. The Kier molecular flexibility index (Phi) is 2.63. The highest BCUT2D eigenvalue weighted by Crippen LogP contribution is 2.22. The zero-order chi connectivity index (χ0) is 8.27. The van der Waals surface area contributed by atoms with Crippen LogP contribution in [0.1, 0.15) is 32.1 Å². The summed E-state index contributed by atoms with van der Waals surface area (Å²) < 4.78 is 0. The maximum Gasteiger partial charge on any atom is 0.136 e. The van der Waals surface area contributed by atoms with Crippen LogP contribution in [0.15, 0.2) is 0 Å². The van der Waals surface area contributed by atoms with E-state index in [0.717, 1.165) is 19.3 Å². The highest BCUT2D eigenvalue weighted by Gasteiger charge is 2.21. The van der Waals surface area contributed by atoms with Crippen LogP contribution in [0, 0.1) is 5.92 Å². The Balaban J connectivity index is 2.42. The lowest BCUT2D eigenvalue weighted by Crippen LogP contribution is -2.29. The summed E-state index contributed by atoms with van der Waals surface area (Å²) in [5.74, 6) is -1.26. The van der Waals surface area contributed by atoms with Crippen molar-refractivity contribution in [1.29, 1.82) is 0 Å². The molecule has 0 heterocycles. The second-order valence-corrected chi connectivity index (χ2v) is 2.99. The topological polar surface area (TPSA) is 57.2 Å². The lowest BCUT2D eigenvalue weighted by molar-refractivity contribution is -0.306. The Morgan fingerprint density at radius 2 is 2.27 bits per heavy atom. The molecule has 0 saturated heterocycles. The second-order valence-electron chi connectivity index (χ2n) is 2.99. The average molecular weight is 155 g/mol. The molecule has 0 aromatic heterocycles. The van der Waals surface area contributed by atoms with Crippen LogP contribution in [0.2, 0.25) is 0 Å². The van der Waals surface area contributed by atoms with Crippen LogP contribution >= 0.6 is 0 Å². The van der Waals surface area contributed by atoms with E-state index in [-0.39, 0.29) is 18.1 Å². The van der Waals surface area contributed by atoms with Crippen LogP contribution in [0.3, 0.4) is 0 Å². The van der Waals surface area contributed by atoms with Gasteiger partial charge in [-0.25, -0.2) is 0 Å². The van der Waals surface area contributed by atoms with Crippen molar-refractivity contribution in [3.8, 4) is 0 Å². The first kappa shape index (κ1) is 8.24. The first-order valence-corrected chi connectivity index (χ1v) is 3.92. The standard InChI is InChI=1S/C8H12O3/c9-7-4-2-1-3-6(7)5-8(10)11/h6H,1-5H2,(H,10,11)/p-1. The van der Waals surface area contributed by atoms with Crippen molar-refractivity contribution in [1.82, 2.24) is 0 Å². The van der Waals surface area contributed by atoms with Gasteiger partial charge < -0.3 is 9.90 Å². The monoisotopic (exact) mass is 155 g/mol. The van der Waals surface area contributed by atoms with E-state index in [4.69, 9.17) is 0 Å². The highest BCUT2D eigenvalue weighted by atomic mass is 16.4. The minimum atomic E-state index is -1.11. The van der Waals surface area contributed by atoms with E-state index in [0.29, 0.717) is 6.42 Å². The van der Waals surface area contributed by atoms with Gasteiger partial charge in [-0.1, -0.05) is 6.42 Å². The predicted molar refractivity (Wildman–Crippen MR) is 36.6 cm³/mol. The van der Waals surface area contributed by atoms with Gasteiger partial charge in [0.1, 0.15) is 5.78 Å². The van der Waals surface area contributed by atoms with Crippen molar-refractivity contribution in [2.45, 2.75) is 32.1 Å². The first-order chi connectivity index (χ1) is 5.20. The normalized spacial score (nSPS) is 25.1. The molecule has 1 aliphatic rings. The third-order valence-corrected chi connectivity index (χ3v) is 2.09. The number of rotatable bonds is 2. The Bertz CT molecular complexity index is 174. The lowest BCUT2D eigenvalue weighted by atomic mass is 9.86. The molecule has 0 spiro atoms. The molecule has 62 valence electrons. The fourth-order valence-corrected chi connectivity index (χ4v) is 1.47. The van der Waals surface area contributed by atoms with Crippen LogP contribution in [0.5, 0.6) is 0 Å². The van der Waals surface area contributed by atoms with Gasteiger partial charge in [0.2, 0.25) is 0 Å². The van der Waals surface area contributed by atoms with Crippen LogP contribution in [0.4, 0.5) is 0 Å². The summed E-state index contributed by atoms with van der Waals surface area (Å²) in [5, 5.41) is 10.1. The van der Waals surface area contributed by atoms with Gasteiger partial charge in [0.05, 0.1) is 0 Å². The maximum atomic E-state index is 11.0. The molecule has 0 amide bonds. The van der Waals surface area contributed by atoms with Crippen LogP contribution in [-0.2, 0) is 9.59 Å². The molecule has 0 bridgehead atoms. The summed E-state index contributed by atoms with van der Waals surface area (Å²) in [5.41, 5.74) is 0. The molecule has 1 fully saturated rings. The number of hydrogen-bond acceptors (Lipinski definition) is 3. The summed E-state index contributed by atoms with van der Waals surface area (Å²) in [6.07, 6.45) is 3.09. The largest absolute Gasteiger partial charge is 0.550 e. The average Bonchev–Trinajstić information content (AvgIpc) is 1.93. The Morgan fingerprint density at radius 3 is 2.82 bits per heavy atom. The number of carbonyl (C=O) groups is 2. The third-order valence-electron chi connectivity index (χ3n) is 2.09. The number of carboxylic acids is 1. The SMILES string of the molecule is O=C([O-])CC1CCCCC1=O. The molecule has 0 aliphatic heterocycles. The molecule has 1 unspecified atom stereocenters. The van der Waals surface area contributed by atoms with Crippen molar-refractivity contribution in [3.05, 3.63) is 0 Å². The molecule has 3 heteroatoms. The van der Waals surface area contributed by atoms with Gasteiger partial charge in [0.15, 0.2) is 0 Å². The van der Waals surface area contributed by atoms with E-state index in [2.05, 4.69) is 0 Å². The zero-order valence-corrected chi connectivity index (χ0v) is 6.34. The molecular weight excluding hydrogens is 144 g/mol. The van der Waals surface area contributed by atoms with Crippen LogP contribution < -0.4 is 5.11 Å². The molecule has 1 atom stereocenters. The molecule has 0 radical (unpaired) electrons. The van der Waals surface area contributed by atoms with Gasteiger partial charge in [-0.2, -0.15) is 0 Å². The van der Waals surface area contributed by atoms with E-state index < -0.39 is 5.97 Å². The molecule has 0 aromatic carbocycles. The second kappa shape index (κ2) is 3.51. The number of carboxylic acid groups (broad SMARTS) is 1. The van der Waals surface area contributed by atoms with Crippen molar-refractivity contribution < 1.29 is 14.7 Å². The first-order valence-electron chi connectivity index (χ1n) is 3.92. The van der Waals surface area contributed by atoms with Gasteiger partial charge >= 0.3 is 0 Å². The Hall–Kier alpha value is -0.860. The number of aliphatic carboxylic acids is 1. The molecule has 0 N–H and O–H groups in total. The summed E-state index contributed by atoms with van der Waals surface area (Å²) in [6, 6.07) is 0. The van der Waals surface area contributed by atoms with Crippen molar-refractivity contribution >= 4 is 11.8 Å². The van der Waals surface area contributed by atoms with Crippen LogP contribution in [0.25, 0.3) is 0 Å². The van der Waals surface area contributed by atoms with Crippen molar-refractivity contribution in [2.75, 3.05) is 0 Å². The number of Topliss-reactive ketones (excluding diaryl/α,β-unsaturated/α-hetero) is 1. The minimum Gasteiger partial charge on any atom is -0.550 e. The zero-order valence-electron chi connectivity index (χ0n) is 6.34. The molecule has 1 rings (SSSR count). The third kappa shape index (κ3) is 2.33. The molecule has 1 aliphatic carbocycles. The van der Waals surface area contributed by atoms with Crippen LogP contribution in [-0.4, -0.2) is 11.8 Å². The van der Waals surface area contributed by atoms with E-state index in [1.54, 1.807) is 0 Å². The fourth-order valence-electron chi connectivity index (χ4n) is 1.47. The summed E-state index contributed by atoms with van der Waals surface area (Å²) >= 11 is 0. The smallest absolute Gasteiger partial charge is 0.136 e. The number of carbonyl (C=O) groups excluding carboxylic acids is 2. The Morgan fingerprint density at radius 1 is 1.55 bits per heavy atom. The number of hydrogen-bond donors (Lipinski definition) is 0. The van der Waals surface area contributed by atoms with Gasteiger partial charge in [-0.05, 0) is 19.3 Å². The van der Waals surface area contributed by atoms with E-state index in [9.17, 15) is 14.7 Å². The van der Waals surface area contributed by atoms with E-state index in [1.165, 1.54) is 0 Å². The molecule has 11 heavy (non-hydrogen) atoms. The van der Waals surface area contributed by atoms with Crippen molar-refractivity contribution in [3.63, 3.8) is 0 Å². The maximum absolute atomic E-state index is 11.0. The predicted octanol–water partition coefficient (Wildman–Crippen LogP) is -0.114. The fraction of sp³-hybridized carbons (Fsp3) is 0.750.